The first-order valence-electron chi connectivity index (χ1n) is 10.6. The van der Waals surface area contributed by atoms with Crippen molar-refractivity contribution in [1.82, 2.24) is 25.5 Å². The van der Waals surface area contributed by atoms with E-state index in [-0.39, 0.29) is 36.2 Å². The van der Waals surface area contributed by atoms with E-state index < -0.39 is 21.1 Å². The van der Waals surface area contributed by atoms with Gasteiger partial charge in [-0.2, -0.15) is 0 Å². The summed E-state index contributed by atoms with van der Waals surface area (Å²) in [5.41, 5.74) is 0.865. The van der Waals surface area contributed by atoms with Crippen molar-refractivity contribution in [3.05, 3.63) is 53.1 Å². The number of carbonyl (C=O) groups is 2. The maximum atomic E-state index is 12.7. The molecule has 2 fully saturated rings. The number of hydrogen-bond acceptors (Lipinski definition) is 5. The minimum Gasteiger partial charge on any atom is -0.342 e. The molecule has 0 bridgehead atoms. The molecule has 3 amide bonds. The molecule has 1 aromatic carbocycles. The number of amides is 3. The van der Waals surface area contributed by atoms with Crippen LogP contribution in [0.2, 0.25) is 5.02 Å². The van der Waals surface area contributed by atoms with Crippen molar-refractivity contribution in [3.63, 3.8) is 0 Å². The number of carbonyl (C=O) groups excluding carboxylic acids is 2. The molecule has 3 heterocycles. The maximum Gasteiger partial charge on any atom is 0.315 e. The zero-order valence-electron chi connectivity index (χ0n) is 17.6. The molecule has 0 spiro atoms. The number of imidazole rings is 1. The second kappa shape index (κ2) is 9.11. The lowest BCUT2D eigenvalue weighted by Gasteiger charge is -2.20. The number of sulfone groups is 1. The Hall–Kier alpha value is -2.59. The Morgan fingerprint density at radius 2 is 2.03 bits per heavy atom. The van der Waals surface area contributed by atoms with Crippen LogP contribution in [0.5, 0.6) is 0 Å². The molecule has 0 radical (unpaired) electrons. The van der Waals surface area contributed by atoms with Gasteiger partial charge in [-0.05, 0) is 30.5 Å². The Morgan fingerprint density at radius 1 is 1.28 bits per heavy atom. The number of halogens is 1. The van der Waals surface area contributed by atoms with Crippen molar-refractivity contribution in [1.29, 1.82) is 0 Å². The van der Waals surface area contributed by atoms with Crippen molar-refractivity contribution >= 4 is 33.4 Å². The second-order valence-corrected chi connectivity index (χ2v) is 11.0. The van der Waals surface area contributed by atoms with Gasteiger partial charge < -0.3 is 20.5 Å². The number of aryl methyl sites for hydroxylation is 1. The summed E-state index contributed by atoms with van der Waals surface area (Å²) in [6.45, 7) is 0. The summed E-state index contributed by atoms with van der Waals surface area (Å²) < 4.78 is 26.7. The van der Waals surface area contributed by atoms with E-state index in [0.29, 0.717) is 30.1 Å². The first-order chi connectivity index (χ1) is 15.2. The fourth-order valence-electron chi connectivity index (χ4n) is 4.48. The molecule has 2 aromatic rings. The third-order valence-electron chi connectivity index (χ3n) is 6.09. The first-order valence-corrected chi connectivity index (χ1v) is 12.6. The van der Waals surface area contributed by atoms with Gasteiger partial charge in [0.15, 0.2) is 9.84 Å². The Bertz CT molecular complexity index is 1100. The second-order valence-electron chi connectivity index (χ2n) is 8.31. The van der Waals surface area contributed by atoms with Crippen LogP contribution in [0.25, 0.3) is 0 Å². The van der Waals surface area contributed by atoms with E-state index in [1.54, 1.807) is 18.3 Å². The molecule has 3 N–H and O–H groups in total. The lowest BCUT2D eigenvalue weighted by atomic mass is 10.0. The number of nitrogens with zero attached hydrogens (tertiary/aromatic N) is 2. The third-order valence-corrected chi connectivity index (χ3v) is 8.62. The monoisotopic (exact) mass is 479 g/mol. The van der Waals surface area contributed by atoms with E-state index in [1.807, 2.05) is 29.9 Å². The predicted octanol–water partition coefficient (Wildman–Crippen LogP) is 1.69. The van der Waals surface area contributed by atoms with Crippen LogP contribution in [0.3, 0.4) is 0 Å². The highest BCUT2D eigenvalue weighted by Crippen LogP contribution is 2.28. The van der Waals surface area contributed by atoms with Gasteiger partial charge in [0.25, 0.3) is 0 Å². The molecule has 0 saturated carbocycles. The standard InChI is InChI=1S/C21H26ClN5O4S/c1-27-11-10-23-20(27)18(13-6-8-14(22)9-7-13)25-17(28)5-3-2-4-16-19-15(12-32(16,30)31)24-21(29)26-19/h6-11,15-16,18-19H,2-5,12H2,1H3,(H,25,28)(H2,24,26,29). The van der Waals surface area contributed by atoms with Crippen LogP contribution in [0.4, 0.5) is 4.79 Å². The van der Waals surface area contributed by atoms with Crippen molar-refractivity contribution in [3.8, 4) is 0 Å². The molecule has 2 aliphatic heterocycles. The van der Waals surface area contributed by atoms with Gasteiger partial charge in [-0.1, -0.05) is 30.2 Å². The average molecular weight is 480 g/mol. The van der Waals surface area contributed by atoms with Crippen LogP contribution in [-0.2, 0) is 21.7 Å². The van der Waals surface area contributed by atoms with Gasteiger partial charge in [0.1, 0.15) is 11.9 Å². The molecule has 172 valence electrons. The highest BCUT2D eigenvalue weighted by molar-refractivity contribution is 7.92. The van der Waals surface area contributed by atoms with Gasteiger partial charge >= 0.3 is 6.03 Å². The number of aromatic nitrogens is 2. The normalized spacial score (nSPS) is 24.4. The number of benzene rings is 1. The van der Waals surface area contributed by atoms with E-state index in [9.17, 15) is 18.0 Å². The molecule has 2 aliphatic rings. The predicted molar refractivity (Wildman–Crippen MR) is 120 cm³/mol. The van der Waals surface area contributed by atoms with Gasteiger partial charge in [-0.25, -0.2) is 18.2 Å². The van der Waals surface area contributed by atoms with Crippen molar-refractivity contribution in [2.45, 2.75) is 49.1 Å². The summed E-state index contributed by atoms with van der Waals surface area (Å²) in [4.78, 5) is 28.6. The van der Waals surface area contributed by atoms with Crippen molar-refractivity contribution in [2.24, 2.45) is 7.05 Å². The molecule has 1 aromatic heterocycles. The van der Waals surface area contributed by atoms with Crippen LogP contribution in [0.1, 0.15) is 43.1 Å². The van der Waals surface area contributed by atoms with Gasteiger partial charge in [0.05, 0.1) is 23.1 Å². The van der Waals surface area contributed by atoms with Crippen LogP contribution in [0, 0.1) is 0 Å². The number of unbranched alkanes of at least 4 members (excludes halogenated alkanes) is 1. The SMILES string of the molecule is Cn1ccnc1C(NC(=O)CCCCC1C2NC(=O)NC2CS1(=O)=O)c1ccc(Cl)cc1. The zero-order chi connectivity index (χ0) is 22.9. The average Bonchev–Trinajstić information content (AvgIpc) is 3.37. The first kappa shape index (κ1) is 22.6. The van der Waals surface area contributed by atoms with Crippen LogP contribution in [-0.4, -0.2) is 53.0 Å². The van der Waals surface area contributed by atoms with E-state index in [2.05, 4.69) is 20.9 Å². The number of rotatable bonds is 8. The molecule has 32 heavy (non-hydrogen) atoms. The summed E-state index contributed by atoms with van der Waals surface area (Å²) >= 11 is 6.00. The summed E-state index contributed by atoms with van der Waals surface area (Å²) in [6.07, 6.45) is 5.29. The molecule has 2 saturated heterocycles. The molecule has 9 nitrogen and oxygen atoms in total. The Balaban J connectivity index is 1.33. The van der Waals surface area contributed by atoms with Crippen molar-refractivity contribution < 1.29 is 18.0 Å². The summed E-state index contributed by atoms with van der Waals surface area (Å²) in [5, 5.41) is 8.41. The molecule has 4 rings (SSSR count). The van der Waals surface area contributed by atoms with Crippen LogP contribution >= 0.6 is 11.6 Å². The third kappa shape index (κ3) is 4.75. The zero-order valence-corrected chi connectivity index (χ0v) is 19.2. The lowest BCUT2D eigenvalue weighted by Crippen LogP contribution is -2.39. The fourth-order valence-corrected chi connectivity index (χ4v) is 6.87. The van der Waals surface area contributed by atoms with Crippen LogP contribution < -0.4 is 16.0 Å². The van der Waals surface area contributed by atoms with Crippen molar-refractivity contribution in [2.75, 3.05) is 5.75 Å². The Morgan fingerprint density at radius 3 is 2.72 bits per heavy atom. The summed E-state index contributed by atoms with van der Waals surface area (Å²) in [6, 6.07) is 5.76. The minimum atomic E-state index is -3.26. The smallest absolute Gasteiger partial charge is 0.315 e. The lowest BCUT2D eigenvalue weighted by molar-refractivity contribution is -0.121. The summed E-state index contributed by atoms with van der Waals surface area (Å²) in [5.74, 6) is 0.526. The Kier molecular flexibility index (Phi) is 6.43. The maximum absolute atomic E-state index is 12.7. The molecule has 11 heteroatoms. The van der Waals surface area contributed by atoms with Gasteiger partial charge in [0, 0.05) is 30.9 Å². The van der Waals surface area contributed by atoms with E-state index in [0.717, 1.165) is 5.56 Å². The number of nitrogens with one attached hydrogen (secondary N) is 3. The van der Waals surface area contributed by atoms with Gasteiger partial charge in [-0.3, -0.25) is 4.79 Å². The van der Waals surface area contributed by atoms with Gasteiger partial charge in [0.2, 0.25) is 5.91 Å². The number of hydrogen-bond donors (Lipinski definition) is 3. The summed E-state index contributed by atoms with van der Waals surface area (Å²) in [7, 11) is -1.40. The van der Waals surface area contributed by atoms with E-state index >= 15 is 0 Å². The quantitative estimate of drug-likeness (QED) is 0.393. The van der Waals surface area contributed by atoms with Gasteiger partial charge in [-0.15, -0.1) is 0 Å². The van der Waals surface area contributed by atoms with Crippen LogP contribution in [0.15, 0.2) is 36.7 Å². The topological polar surface area (TPSA) is 122 Å². The molecule has 0 aliphatic carbocycles. The molecule has 4 unspecified atom stereocenters. The van der Waals surface area contributed by atoms with E-state index in [1.165, 1.54) is 0 Å². The fraction of sp³-hybridized carbons (Fsp3) is 0.476. The largest absolute Gasteiger partial charge is 0.342 e. The number of fused-ring (bicyclic) bond motifs is 1. The highest BCUT2D eigenvalue weighted by atomic mass is 35.5. The van der Waals surface area contributed by atoms with E-state index in [4.69, 9.17) is 11.6 Å². The highest BCUT2D eigenvalue weighted by Gasteiger charge is 2.51. The minimum absolute atomic E-state index is 0.0337. The molecular weight excluding hydrogens is 454 g/mol. The molecule has 4 atom stereocenters. The molecular formula is C21H26ClN5O4S. The Labute approximate surface area is 191 Å². The number of urea groups is 1.